The van der Waals surface area contributed by atoms with E-state index in [1.165, 1.54) is 11.1 Å². The van der Waals surface area contributed by atoms with Crippen LogP contribution in [-0.2, 0) is 0 Å². The fourth-order valence-corrected chi connectivity index (χ4v) is 1.60. The van der Waals surface area contributed by atoms with Crippen molar-refractivity contribution >= 4 is 11.5 Å². The van der Waals surface area contributed by atoms with Gasteiger partial charge in [-0.05, 0) is 37.8 Å². The molecule has 0 aromatic carbocycles. The Labute approximate surface area is 92.1 Å². The molecule has 0 radical (unpaired) electrons. The predicted molar refractivity (Wildman–Crippen MR) is 66.1 cm³/mol. The molecule has 15 heavy (non-hydrogen) atoms. The average molecular weight is 207 g/mol. The van der Waals surface area contributed by atoms with Crippen LogP contribution in [0.15, 0.2) is 6.20 Å². The number of anilines is 2. The van der Waals surface area contributed by atoms with Gasteiger partial charge >= 0.3 is 0 Å². The summed E-state index contributed by atoms with van der Waals surface area (Å²) in [5.41, 5.74) is 9.26. The van der Waals surface area contributed by atoms with Crippen LogP contribution in [0.5, 0.6) is 0 Å². The molecule has 0 fully saturated rings. The molecule has 0 saturated carbocycles. The summed E-state index contributed by atoms with van der Waals surface area (Å²) in [5.74, 6) is 0.602. The van der Waals surface area contributed by atoms with Crippen molar-refractivity contribution in [3.8, 4) is 0 Å². The lowest BCUT2D eigenvalue weighted by atomic mass is 10.1. The third-order valence-electron chi connectivity index (χ3n) is 2.95. The molecule has 0 aliphatic rings. The van der Waals surface area contributed by atoms with Crippen molar-refractivity contribution in [3.05, 3.63) is 17.3 Å². The van der Waals surface area contributed by atoms with E-state index in [9.17, 15) is 0 Å². The second-order valence-corrected chi connectivity index (χ2v) is 3.98. The van der Waals surface area contributed by atoms with Crippen LogP contribution < -0.4 is 11.1 Å². The van der Waals surface area contributed by atoms with E-state index in [0.717, 1.165) is 18.5 Å². The maximum absolute atomic E-state index is 5.87. The lowest BCUT2D eigenvalue weighted by Crippen LogP contribution is -2.19. The summed E-state index contributed by atoms with van der Waals surface area (Å²) < 4.78 is 0. The molecule has 3 heteroatoms. The van der Waals surface area contributed by atoms with Crippen molar-refractivity contribution in [2.75, 3.05) is 11.1 Å². The van der Waals surface area contributed by atoms with Gasteiger partial charge in [0.05, 0.1) is 5.69 Å². The van der Waals surface area contributed by atoms with Gasteiger partial charge in [0.15, 0.2) is 0 Å². The Morgan fingerprint density at radius 2 is 1.93 bits per heavy atom. The van der Waals surface area contributed by atoms with Crippen LogP contribution in [0.3, 0.4) is 0 Å². The maximum atomic E-state index is 5.87. The topological polar surface area (TPSA) is 50.9 Å². The molecule has 0 bridgehead atoms. The minimum absolute atomic E-state index is 0.481. The largest absolute Gasteiger partial charge is 0.382 e. The molecule has 1 heterocycles. The fourth-order valence-electron chi connectivity index (χ4n) is 1.60. The molecule has 0 aliphatic heterocycles. The SMILES string of the molecule is CCC(CC)Nc1c(N)ncc(C)c1C. The number of nitrogen functional groups attached to an aromatic ring is 1. The third kappa shape index (κ3) is 2.61. The number of hydrogen-bond acceptors (Lipinski definition) is 3. The Morgan fingerprint density at radius 3 is 2.47 bits per heavy atom. The molecule has 84 valence electrons. The van der Waals surface area contributed by atoms with E-state index < -0.39 is 0 Å². The first-order chi connectivity index (χ1) is 7.10. The summed E-state index contributed by atoms with van der Waals surface area (Å²) in [6.07, 6.45) is 4.02. The Morgan fingerprint density at radius 1 is 1.33 bits per heavy atom. The summed E-state index contributed by atoms with van der Waals surface area (Å²) in [6, 6.07) is 0.481. The Kier molecular flexibility index (Phi) is 3.95. The van der Waals surface area contributed by atoms with E-state index in [0.29, 0.717) is 11.9 Å². The van der Waals surface area contributed by atoms with E-state index in [-0.39, 0.29) is 0 Å². The van der Waals surface area contributed by atoms with Gasteiger partial charge in [-0.25, -0.2) is 4.98 Å². The fraction of sp³-hybridized carbons (Fsp3) is 0.583. The molecule has 3 N–H and O–H groups in total. The summed E-state index contributed by atoms with van der Waals surface area (Å²) in [4.78, 5) is 4.18. The highest BCUT2D eigenvalue weighted by Gasteiger charge is 2.10. The van der Waals surface area contributed by atoms with Crippen LogP contribution >= 0.6 is 0 Å². The van der Waals surface area contributed by atoms with Gasteiger partial charge in [0, 0.05) is 12.2 Å². The maximum Gasteiger partial charge on any atom is 0.147 e. The monoisotopic (exact) mass is 207 g/mol. The first-order valence-corrected chi connectivity index (χ1v) is 5.58. The highest BCUT2D eigenvalue weighted by molar-refractivity contribution is 5.67. The Bertz CT molecular complexity index is 330. The summed E-state index contributed by atoms with van der Waals surface area (Å²) in [7, 11) is 0. The van der Waals surface area contributed by atoms with Crippen LogP contribution in [0.1, 0.15) is 37.8 Å². The van der Waals surface area contributed by atoms with E-state index in [2.05, 4.69) is 38.0 Å². The van der Waals surface area contributed by atoms with Gasteiger partial charge in [0.1, 0.15) is 5.82 Å². The number of nitrogens with zero attached hydrogens (tertiary/aromatic N) is 1. The zero-order valence-corrected chi connectivity index (χ0v) is 10.1. The van der Waals surface area contributed by atoms with Crippen molar-refractivity contribution in [1.82, 2.24) is 4.98 Å². The Hall–Kier alpha value is -1.25. The molecule has 0 unspecified atom stereocenters. The smallest absolute Gasteiger partial charge is 0.147 e. The molecule has 0 saturated heterocycles. The molecular weight excluding hydrogens is 186 g/mol. The molecule has 0 atom stereocenters. The van der Waals surface area contributed by atoms with Crippen LogP contribution in [0.4, 0.5) is 11.5 Å². The van der Waals surface area contributed by atoms with E-state index in [1.54, 1.807) is 0 Å². The number of hydrogen-bond donors (Lipinski definition) is 2. The number of aromatic nitrogens is 1. The molecule has 1 rings (SSSR count). The van der Waals surface area contributed by atoms with E-state index in [4.69, 9.17) is 5.73 Å². The minimum atomic E-state index is 0.481. The summed E-state index contributed by atoms with van der Waals surface area (Å²) >= 11 is 0. The second kappa shape index (κ2) is 5.01. The van der Waals surface area contributed by atoms with Gasteiger partial charge in [-0.1, -0.05) is 13.8 Å². The van der Waals surface area contributed by atoms with Crippen molar-refractivity contribution < 1.29 is 0 Å². The van der Waals surface area contributed by atoms with Crippen LogP contribution in [0, 0.1) is 13.8 Å². The molecule has 1 aromatic heterocycles. The lowest BCUT2D eigenvalue weighted by molar-refractivity contribution is 0.671. The summed E-state index contributed by atoms with van der Waals surface area (Å²) in [6.45, 7) is 8.49. The standard InChI is InChI=1S/C12H21N3/c1-5-10(6-2)15-11-9(4)8(3)7-14-12(11)13/h7,10,15H,5-6H2,1-4H3,(H2,13,14). The van der Waals surface area contributed by atoms with Crippen molar-refractivity contribution in [2.45, 2.75) is 46.6 Å². The van der Waals surface area contributed by atoms with Gasteiger partial charge in [-0.15, -0.1) is 0 Å². The quantitative estimate of drug-likeness (QED) is 0.798. The average Bonchev–Trinajstić information content (AvgIpc) is 2.24. The van der Waals surface area contributed by atoms with Gasteiger partial charge in [-0.3, -0.25) is 0 Å². The first-order valence-electron chi connectivity index (χ1n) is 5.58. The number of rotatable bonds is 4. The number of nitrogens with one attached hydrogen (secondary N) is 1. The van der Waals surface area contributed by atoms with Crippen LogP contribution in [0.25, 0.3) is 0 Å². The molecule has 1 aromatic rings. The zero-order chi connectivity index (χ0) is 11.4. The summed E-state index contributed by atoms with van der Waals surface area (Å²) in [5, 5.41) is 3.47. The van der Waals surface area contributed by atoms with Gasteiger partial charge in [0.2, 0.25) is 0 Å². The van der Waals surface area contributed by atoms with E-state index in [1.807, 2.05) is 6.20 Å². The van der Waals surface area contributed by atoms with Crippen LogP contribution in [-0.4, -0.2) is 11.0 Å². The molecule has 0 spiro atoms. The number of aryl methyl sites for hydroxylation is 1. The predicted octanol–water partition coefficient (Wildman–Crippen LogP) is 2.88. The molecule has 0 aliphatic carbocycles. The number of nitrogens with two attached hydrogens (primary N) is 1. The van der Waals surface area contributed by atoms with Gasteiger partial charge < -0.3 is 11.1 Å². The molecule has 0 amide bonds. The minimum Gasteiger partial charge on any atom is -0.382 e. The second-order valence-electron chi connectivity index (χ2n) is 3.98. The van der Waals surface area contributed by atoms with Gasteiger partial charge in [0.25, 0.3) is 0 Å². The van der Waals surface area contributed by atoms with Crippen LogP contribution in [0.2, 0.25) is 0 Å². The number of pyridine rings is 1. The van der Waals surface area contributed by atoms with Crippen molar-refractivity contribution in [3.63, 3.8) is 0 Å². The van der Waals surface area contributed by atoms with Crippen molar-refractivity contribution in [2.24, 2.45) is 0 Å². The Balaban J connectivity index is 2.97. The normalized spacial score (nSPS) is 10.7. The first kappa shape index (κ1) is 11.8. The molecular formula is C12H21N3. The zero-order valence-electron chi connectivity index (χ0n) is 10.1. The van der Waals surface area contributed by atoms with E-state index >= 15 is 0 Å². The highest BCUT2D eigenvalue weighted by Crippen LogP contribution is 2.25. The third-order valence-corrected chi connectivity index (χ3v) is 2.95. The van der Waals surface area contributed by atoms with Gasteiger partial charge in [-0.2, -0.15) is 0 Å². The highest BCUT2D eigenvalue weighted by atomic mass is 15.0. The van der Waals surface area contributed by atoms with Crippen molar-refractivity contribution in [1.29, 1.82) is 0 Å². The molecule has 3 nitrogen and oxygen atoms in total. The lowest BCUT2D eigenvalue weighted by Gasteiger charge is -2.19.